The topological polar surface area (TPSA) is 56.7 Å². The maximum atomic E-state index is 6.07. The minimum absolute atomic E-state index is 0.605. The zero-order valence-corrected chi connectivity index (χ0v) is 11.4. The number of nitrogen functional groups attached to an aromatic ring is 1. The summed E-state index contributed by atoms with van der Waals surface area (Å²) in [6.45, 7) is 1.79. The molecular formula is C10H10Cl2N4S. The molecule has 1 heterocycles. The lowest BCUT2D eigenvalue weighted by atomic mass is 10.2. The zero-order chi connectivity index (χ0) is 12.4. The van der Waals surface area contributed by atoms with Gasteiger partial charge in [0.05, 0.1) is 0 Å². The van der Waals surface area contributed by atoms with E-state index in [1.54, 1.807) is 6.92 Å². The molecule has 2 N–H and O–H groups in total. The Balaban J connectivity index is 2.15. The average molecular weight is 289 g/mol. The molecule has 1 aromatic heterocycles. The molecular weight excluding hydrogens is 279 g/mol. The lowest BCUT2D eigenvalue weighted by Gasteiger charge is -2.06. The van der Waals surface area contributed by atoms with E-state index in [4.69, 9.17) is 29.0 Å². The number of benzene rings is 1. The number of thioether (sulfide) groups is 1. The van der Waals surface area contributed by atoms with Gasteiger partial charge in [0.15, 0.2) is 0 Å². The van der Waals surface area contributed by atoms with Crippen molar-refractivity contribution in [2.45, 2.75) is 17.8 Å². The van der Waals surface area contributed by atoms with Gasteiger partial charge in [-0.15, -0.1) is 10.2 Å². The van der Waals surface area contributed by atoms with E-state index in [-0.39, 0.29) is 0 Å². The van der Waals surface area contributed by atoms with Crippen LogP contribution in [0.25, 0.3) is 0 Å². The molecule has 0 aliphatic rings. The fourth-order valence-corrected chi connectivity index (χ4v) is 2.90. The second-order valence-electron chi connectivity index (χ2n) is 3.39. The van der Waals surface area contributed by atoms with Crippen molar-refractivity contribution >= 4 is 35.0 Å². The van der Waals surface area contributed by atoms with E-state index in [0.29, 0.717) is 26.8 Å². The SMILES string of the molecule is Cc1nnc(SCc2c(Cl)cccc2Cl)n1N. The van der Waals surface area contributed by atoms with Crippen LogP contribution in [0.4, 0.5) is 0 Å². The molecule has 0 radical (unpaired) electrons. The van der Waals surface area contributed by atoms with Crippen LogP contribution in [0.1, 0.15) is 11.4 Å². The van der Waals surface area contributed by atoms with Gasteiger partial charge < -0.3 is 5.84 Å². The number of rotatable bonds is 3. The summed E-state index contributed by atoms with van der Waals surface area (Å²) >= 11 is 13.6. The number of aryl methyl sites for hydroxylation is 1. The van der Waals surface area contributed by atoms with Crippen LogP contribution in [-0.4, -0.2) is 14.9 Å². The van der Waals surface area contributed by atoms with Gasteiger partial charge in [-0.2, -0.15) is 0 Å². The summed E-state index contributed by atoms with van der Waals surface area (Å²) in [5.74, 6) is 7.02. The first-order valence-corrected chi connectivity index (χ1v) is 6.56. The fraction of sp³-hybridized carbons (Fsp3) is 0.200. The number of hydrogen-bond acceptors (Lipinski definition) is 4. The third-order valence-electron chi connectivity index (χ3n) is 2.24. The van der Waals surface area contributed by atoms with E-state index in [1.165, 1.54) is 16.4 Å². The predicted molar refractivity (Wildman–Crippen MR) is 70.9 cm³/mol. The molecule has 0 spiro atoms. The van der Waals surface area contributed by atoms with Crippen LogP contribution in [0, 0.1) is 6.92 Å². The van der Waals surface area contributed by atoms with Crippen LogP contribution in [0.2, 0.25) is 10.0 Å². The monoisotopic (exact) mass is 288 g/mol. The zero-order valence-electron chi connectivity index (χ0n) is 9.02. The normalized spacial score (nSPS) is 10.8. The summed E-state index contributed by atoms with van der Waals surface area (Å²) in [7, 11) is 0. The van der Waals surface area contributed by atoms with E-state index >= 15 is 0 Å². The van der Waals surface area contributed by atoms with Crippen molar-refractivity contribution < 1.29 is 0 Å². The van der Waals surface area contributed by atoms with E-state index in [9.17, 15) is 0 Å². The molecule has 2 rings (SSSR count). The molecule has 0 atom stereocenters. The molecule has 1 aromatic carbocycles. The number of nitrogens with two attached hydrogens (primary N) is 1. The smallest absolute Gasteiger partial charge is 0.210 e. The van der Waals surface area contributed by atoms with Crippen molar-refractivity contribution in [1.82, 2.24) is 14.9 Å². The minimum Gasteiger partial charge on any atom is -0.336 e. The maximum absolute atomic E-state index is 6.07. The van der Waals surface area contributed by atoms with Gasteiger partial charge in [-0.05, 0) is 24.6 Å². The molecule has 17 heavy (non-hydrogen) atoms. The molecule has 0 saturated heterocycles. The van der Waals surface area contributed by atoms with E-state index < -0.39 is 0 Å². The summed E-state index contributed by atoms with van der Waals surface area (Å²) in [6.07, 6.45) is 0. The Morgan fingerprint density at radius 2 is 1.94 bits per heavy atom. The first-order valence-electron chi connectivity index (χ1n) is 4.82. The largest absolute Gasteiger partial charge is 0.336 e. The van der Waals surface area contributed by atoms with Crippen LogP contribution in [0.15, 0.2) is 23.4 Å². The van der Waals surface area contributed by atoms with Crippen LogP contribution in [-0.2, 0) is 5.75 Å². The second-order valence-corrected chi connectivity index (χ2v) is 5.15. The summed E-state index contributed by atoms with van der Waals surface area (Å²) in [6, 6.07) is 5.43. The molecule has 0 bridgehead atoms. The summed E-state index contributed by atoms with van der Waals surface area (Å²) in [5.41, 5.74) is 0.876. The number of hydrogen-bond donors (Lipinski definition) is 1. The lowest BCUT2D eigenvalue weighted by molar-refractivity contribution is 0.825. The highest BCUT2D eigenvalue weighted by Crippen LogP contribution is 2.30. The van der Waals surface area contributed by atoms with E-state index in [2.05, 4.69) is 10.2 Å². The molecule has 0 amide bonds. The Morgan fingerprint density at radius 3 is 2.47 bits per heavy atom. The van der Waals surface area contributed by atoms with Crippen LogP contribution >= 0.6 is 35.0 Å². The van der Waals surface area contributed by atoms with Crippen molar-refractivity contribution in [3.8, 4) is 0 Å². The molecule has 0 aliphatic heterocycles. The highest BCUT2D eigenvalue weighted by molar-refractivity contribution is 7.98. The van der Waals surface area contributed by atoms with Gasteiger partial charge in [-0.1, -0.05) is 41.0 Å². The Labute approximate surface area is 113 Å². The van der Waals surface area contributed by atoms with Crippen LogP contribution < -0.4 is 5.84 Å². The second kappa shape index (κ2) is 5.16. The van der Waals surface area contributed by atoms with Crippen LogP contribution in [0.5, 0.6) is 0 Å². The van der Waals surface area contributed by atoms with E-state index in [0.717, 1.165) is 5.56 Å². The first kappa shape index (κ1) is 12.5. The predicted octanol–water partition coefficient (Wildman–Crippen LogP) is 2.90. The number of halogens is 2. The summed E-state index contributed by atoms with van der Waals surface area (Å²) in [4.78, 5) is 0. The van der Waals surface area contributed by atoms with Gasteiger partial charge in [0, 0.05) is 15.8 Å². The Morgan fingerprint density at radius 1 is 1.29 bits per heavy atom. The first-order chi connectivity index (χ1) is 8.09. The minimum atomic E-state index is 0.605. The molecule has 2 aromatic rings. The fourth-order valence-electron chi connectivity index (χ4n) is 1.26. The highest BCUT2D eigenvalue weighted by atomic mass is 35.5. The number of nitrogens with zero attached hydrogens (tertiary/aromatic N) is 3. The molecule has 0 saturated carbocycles. The lowest BCUT2D eigenvalue weighted by Crippen LogP contribution is -2.11. The summed E-state index contributed by atoms with van der Waals surface area (Å²) in [5, 5.41) is 9.75. The summed E-state index contributed by atoms with van der Waals surface area (Å²) < 4.78 is 1.44. The van der Waals surface area contributed by atoms with Gasteiger partial charge in [-0.3, -0.25) is 0 Å². The van der Waals surface area contributed by atoms with Crippen molar-refractivity contribution in [1.29, 1.82) is 0 Å². The maximum Gasteiger partial charge on any atom is 0.210 e. The van der Waals surface area contributed by atoms with Crippen molar-refractivity contribution in [2.24, 2.45) is 0 Å². The Hall–Kier alpha value is -0.910. The van der Waals surface area contributed by atoms with Gasteiger partial charge >= 0.3 is 0 Å². The third kappa shape index (κ3) is 2.68. The molecule has 7 heteroatoms. The van der Waals surface area contributed by atoms with Crippen LogP contribution in [0.3, 0.4) is 0 Å². The molecule has 4 nitrogen and oxygen atoms in total. The van der Waals surface area contributed by atoms with Gasteiger partial charge in [-0.25, -0.2) is 4.68 Å². The van der Waals surface area contributed by atoms with Gasteiger partial charge in [0.25, 0.3) is 0 Å². The quantitative estimate of drug-likeness (QED) is 0.697. The van der Waals surface area contributed by atoms with Gasteiger partial charge in [0.2, 0.25) is 5.16 Å². The van der Waals surface area contributed by atoms with Crippen molar-refractivity contribution in [3.05, 3.63) is 39.6 Å². The molecule has 0 fully saturated rings. The standard InChI is InChI=1S/C10H10Cl2N4S/c1-6-14-15-10(16(6)13)17-5-7-8(11)3-2-4-9(7)12/h2-4H,5,13H2,1H3. The molecule has 90 valence electrons. The van der Waals surface area contributed by atoms with E-state index in [1.807, 2.05) is 18.2 Å². The Bertz CT molecular complexity index is 521. The molecule has 0 aliphatic carbocycles. The van der Waals surface area contributed by atoms with Crippen molar-refractivity contribution in [3.63, 3.8) is 0 Å². The van der Waals surface area contributed by atoms with Gasteiger partial charge in [0.1, 0.15) is 5.82 Å². The average Bonchev–Trinajstić information content (AvgIpc) is 2.60. The third-order valence-corrected chi connectivity index (χ3v) is 3.92. The molecule has 0 unspecified atom stereocenters. The Kier molecular flexibility index (Phi) is 3.81. The highest BCUT2D eigenvalue weighted by Gasteiger charge is 2.10. The van der Waals surface area contributed by atoms with Crippen molar-refractivity contribution in [2.75, 3.05) is 5.84 Å². The number of aromatic nitrogens is 3.